The van der Waals surface area contributed by atoms with Crippen molar-refractivity contribution >= 4 is 16.8 Å². The molecule has 28 heavy (non-hydrogen) atoms. The van der Waals surface area contributed by atoms with Gasteiger partial charge in [-0.1, -0.05) is 78.9 Å². The Morgan fingerprint density at radius 1 is 0.750 bits per heavy atom. The van der Waals surface area contributed by atoms with Crippen molar-refractivity contribution in [2.24, 2.45) is 0 Å². The quantitative estimate of drug-likeness (QED) is 0.470. The van der Waals surface area contributed by atoms with Gasteiger partial charge in [0.2, 0.25) is 5.91 Å². The van der Waals surface area contributed by atoms with Gasteiger partial charge in [-0.25, -0.2) is 0 Å². The first-order valence-electron chi connectivity index (χ1n) is 9.43. The number of rotatable bonds is 5. The minimum absolute atomic E-state index is 0.0436. The first-order valence-corrected chi connectivity index (χ1v) is 9.43. The average molecular weight is 366 g/mol. The van der Waals surface area contributed by atoms with Gasteiger partial charge in [0.15, 0.2) is 0 Å². The highest BCUT2D eigenvalue weighted by molar-refractivity contribution is 5.78. The summed E-state index contributed by atoms with van der Waals surface area (Å²) in [6.07, 6.45) is 0. The number of fused-ring (bicyclic) bond motifs is 1. The number of benzene rings is 3. The highest BCUT2D eigenvalue weighted by Crippen LogP contribution is 2.20. The summed E-state index contributed by atoms with van der Waals surface area (Å²) in [5, 5.41) is 1.11. The third-order valence-electron chi connectivity index (χ3n) is 4.89. The average Bonchev–Trinajstić information content (AvgIpc) is 2.74. The van der Waals surface area contributed by atoms with Crippen LogP contribution in [0.3, 0.4) is 0 Å². The third kappa shape index (κ3) is 4.09. The molecule has 138 valence electrons. The van der Waals surface area contributed by atoms with Crippen LogP contribution in [0.1, 0.15) is 18.2 Å². The van der Waals surface area contributed by atoms with E-state index in [2.05, 4.69) is 42.5 Å². The van der Waals surface area contributed by atoms with Crippen molar-refractivity contribution in [3.63, 3.8) is 0 Å². The maximum absolute atomic E-state index is 12.2. The lowest BCUT2D eigenvalue weighted by atomic mass is 10.0. The number of carbonyl (C=O) groups is 1. The molecule has 3 nitrogen and oxygen atoms in total. The molecule has 0 atom stereocenters. The fourth-order valence-electron chi connectivity index (χ4n) is 3.32. The van der Waals surface area contributed by atoms with Crippen molar-refractivity contribution in [1.29, 1.82) is 0 Å². The molecule has 0 aliphatic rings. The van der Waals surface area contributed by atoms with Crippen LogP contribution in [-0.2, 0) is 17.9 Å². The maximum Gasteiger partial charge on any atom is 0.220 e. The number of nitrogens with zero attached hydrogens (tertiary/aromatic N) is 2. The molecule has 0 N–H and O–H groups in total. The van der Waals surface area contributed by atoms with Crippen LogP contribution in [0, 0.1) is 0 Å². The normalized spacial score (nSPS) is 10.8. The highest BCUT2D eigenvalue weighted by Gasteiger charge is 2.12. The molecule has 0 bridgehead atoms. The molecular weight excluding hydrogens is 344 g/mol. The summed E-state index contributed by atoms with van der Waals surface area (Å²) >= 11 is 0. The van der Waals surface area contributed by atoms with Gasteiger partial charge in [-0.2, -0.15) is 0 Å². The lowest BCUT2D eigenvalue weighted by Crippen LogP contribution is -2.28. The Kier molecular flexibility index (Phi) is 5.16. The van der Waals surface area contributed by atoms with E-state index in [9.17, 15) is 4.79 Å². The summed E-state index contributed by atoms with van der Waals surface area (Å²) < 4.78 is 0. The third-order valence-corrected chi connectivity index (χ3v) is 4.89. The molecule has 1 heterocycles. The van der Waals surface area contributed by atoms with Gasteiger partial charge in [0.1, 0.15) is 0 Å². The summed E-state index contributed by atoms with van der Waals surface area (Å²) in [4.78, 5) is 18.7. The molecule has 1 amide bonds. The summed E-state index contributed by atoms with van der Waals surface area (Å²) in [5.74, 6) is 0.0436. The van der Waals surface area contributed by atoms with Crippen LogP contribution < -0.4 is 0 Å². The molecule has 1 aromatic heterocycles. The molecule has 0 aliphatic carbocycles. The number of amides is 1. The van der Waals surface area contributed by atoms with E-state index in [1.54, 1.807) is 6.92 Å². The second-order valence-corrected chi connectivity index (χ2v) is 6.93. The van der Waals surface area contributed by atoms with Crippen LogP contribution in [0.25, 0.3) is 22.0 Å². The number of carbonyl (C=O) groups excluding carboxylic acids is 1. The van der Waals surface area contributed by atoms with Crippen molar-refractivity contribution in [2.45, 2.75) is 20.0 Å². The van der Waals surface area contributed by atoms with Gasteiger partial charge in [-0.3, -0.25) is 9.78 Å². The number of hydrogen-bond acceptors (Lipinski definition) is 2. The SMILES string of the molecule is CC(=O)N(Cc1ccc(-c2ccccc2)cc1)Cc1ccc2ccccc2n1. The Hall–Kier alpha value is -3.46. The largest absolute Gasteiger partial charge is 0.333 e. The van der Waals surface area contributed by atoms with Gasteiger partial charge in [-0.05, 0) is 28.8 Å². The maximum atomic E-state index is 12.2. The van der Waals surface area contributed by atoms with Gasteiger partial charge >= 0.3 is 0 Å². The molecule has 0 saturated carbocycles. The van der Waals surface area contributed by atoms with Gasteiger partial charge in [0.05, 0.1) is 17.8 Å². The lowest BCUT2D eigenvalue weighted by Gasteiger charge is -2.21. The van der Waals surface area contributed by atoms with Gasteiger partial charge < -0.3 is 4.90 Å². The lowest BCUT2D eigenvalue weighted by molar-refractivity contribution is -0.130. The Labute approximate surface area is 165 Å². The van der Waals surface area contributed by atoms with E-state index in [-0.39, 0.29) is 5.91 Å². The monoisotopic (exact) mass is 366 g/mol. The zero-order valence-corrected chi connectivity index (χ0v) is 15.9. The van der Waals surface area contributed by atoms with Crippen LogP contribution in [0.2, 0.25) is 0 Å². The van der Waals surface area contributed by atoms with Crippen molar-refractivity contribution in [3.8, 4) is 11.1 Å². The van der Waals surface area contributed by atoms with E-state index >= 15 is 0 Å². The summed E-state index contributed by atoms with van der Waals surface area (Å²) in [7, 11) is 0. The molecule has 0 fully saturated rings. The standard InChI is InChI=1S/C25H22N2O/c1-19(28)27(18-24-16-15-23-9-5-6-10-25(23)26-24)17-20-11-13-22(14-12-20)21-7-3-2-4-8-21/h2-16H,17-18H2,1H3. The van der Waals surface area contributed by atoms with Gasteiger partial charge in [0.25, 0.3) is 0 Å². The van der Waals surface area contributed by atoms with E-state index in [4.69, 9.17) is 4.98 Å². The minimum atomic E-state index is 0.0436. The van der Waals surface area contributed by atoms with Crippen LogP contribution in [0.5, 0.6) is 0 Å². The fourth-order valence-corrected chi connectivity index (χ4v) is 3.32. The van der Waals surface area contributed by atoms with Gasteiger partial charge in [-0.15, -0.1) is 0 Å². The summed E-state index contributed by atoms with van der Waals surface area (Å²) in [6, 6.07) is 30.8. The van der Waals surface area contributed by atoms with E-state index in [1.165, 1.54) is 11.1 Å². The van der Waals surface area contributed by atoms with Crippen LogP contribution in [-0.4, -0.2) is 15.8 Å². The Bertz CT molecular complexity index is 1090. The highest BCUT2D eigenvalue weighted by atomic mass is 16.2. The molecular formula is C25H22N2O. The van der Waals surface area contributed by atoms with Crippen LogP contribution >= 0.6 is 0 Å². The molecule has 4 rings (SSSR count). The number of hydrogen-bond donors (Lipinski definition) is 0. The Morgan fingerprint density at radius 2 is 1.43 bits per heavy atom. The molecule has 3 heteroatoms. The summed E-state index contributed by atoms with van der Waals surface area (Å²) in [5.41, 5.74) is 5.33. The predicted octanol–water partition coefficient (Wildman–Crippen LogP) is 5.45. The first kappa shape index (κ1) is 17.9. The van der Waals surface area contributed by atoms with Crippen molar-refractivity contribution < 1.29 is 4.79 Å². The zero-order valence-electron chi connectivity index (χ0n) is 15.9. The van der Waals surface area contributed by atoms with Crippen molar-refractivity contribution in [3.05, 3.63) is 102 Å². The molecule has 0 saturated heterocycles. The minimum Gasteiger partial charge on any atom is -0.333 e. The smallest absolute Gasteiger partial charge is 0.220 e. The van der Waals surface area contributed by atoms with E-state index in [0.29, 0.717) is 13.1 Å². The molecule has 0 spiro atoms. The van der Waals surface area contributed by atoms with E-state index in [1.807, 2.05) is 53.4 Å². The second kappa shape index (κ2) is 8.05. The second-order valence-electron chi connectivity index (χ2n) is 6.93. The predicted molar refractivity (Wildman–Crippen MR) is 114 cm³/mol. The number of aromatic nitrogens is 1. The fraction of sp³-hybridized carbons (Fsp3) is 0.120. The molecule has 4 aromatic rings. The van der Waals surface area contributed by atoms with Gasteiger partial charge in [0, 0.05) is 18.9 Å². The topological polar surface area (TPSA) is 33.2 Å². The van der Waals surface area contributed by atoms with Crippen molar-refractivity contribution in [2.75, 3.05) is 0 Å². The molecule has 0 unspecified atom stereocenters. The Morgan fingerprint density at radius 3 is 2.18 bits per heavy atom. The van der Waals surface area contributed by atoms with E-state index in [0.717, 1.165) is 22.2 Å². The zero-order chi connectivity index (χ0) is 19.3. The molecule has 3 aromatic carbocycles. The Balaban J connectivity index is 1.51. The van der Waals surface area contributed by atoms with Crippen molar-refractivity contribution in [1.82, 2.24) is 9.88 Å². The number of para-hydroxylation sites is 1. The summed E-state index contributed by atoms with van der Waals surface area (Å²) in [6.45, 7) is 2.68. The first-order chi connectivity index (χ1) is 13.7. The molecule has 0 aliphatic heterocycles. The van der Waals surface area contributed by atoms with E-state index < -0.39 is 0 Å². The van der Waals surface area contributed by atoms with Crippen LogP contribution in [0.4, 0.5) is 0 Å². The molecule has 0 radical (unpaired) electrons. The van der Waals surface area contributed by atoms with Crippen LogP contribution in [0.15, 0.2) is 91.0 Å². The number of pyridine rings is 1.